The Morgan fingerprint density at radius 2 is 1.67 bits per heavy atom. The van der Waals surface area contributed by atoms with Gasteiger partial charge >= 0.3 is 0 Å². The molecule has 2 rings (SSSR count). The lowest BCUT2D eigenvalue weighted by Gasteiger charge is -2.22. The van der Waals surface area contributed by atoms with Crippen LogP contribution in [0, 0.1) is 5.92 Å². The molecule has 1 N–H and O–H groups in total. The van der Waals surface area contributed by atoms with Gasteiger partial charge in [0.1, 0.15) is 0 Å². The van der Waals surface area contributed by atoms with Crippen molar-refractivity contribution in [2.75, 3.05) is 13.1 Å². The molecule has 148 valence electrons. The van der Waals surface area contributed by atoms with Crippen molar-refractivity contribution in [2.24, 2.45) is 5.92 Å². The fourth-order valence-electron chi connectivity index (χ4n) is 2.68. The molecule has 2 aromatic rings. The molecule has 1 aromatic carbocycles. The van der Waals surface area contributed by atoms with Crippen LogP contribution in [0.4, 0.5) is 0 Å². The molecule has 1 amide bonds. The van der Waals surface area contributed by atoms with Gasteiger partial charge in [-0.1, -0.05) is 27.7 Å². The number of sulfonamides is 1. The second-order valence-electron chi connectivity index (χ2n) is 6.52. The third-order valence-electron chi connectivity index (χ3n) is 4.41. The van der Waals surface area contributed by atoms with Crippen LogP contribution in [0.1, 0.15) is 38.1 Å². The van der Waals surface area contributed by atoms with Gasteiger partial charge in [0.05, 0.1) is 29.9 Å². The minimum absolute atomic E-state index is 0.149. The lowest BCUT2D eigenvalue weighted by Crippen LogP contribution is -2.42. The van der Waals surface area contributed by atoms with Crippen LogP contribution in [0.2, 0.25) is 0 Å². The van der Waals surface area contributed by atoms with Gasteiger partial charge < -0.3 is 5.32 Å². The van der Waals surface area contributed by atoms with Gasteiger partial charge in [-0.3, -0.25) is 4.79 Å². The molecule has 0 aliphatic rings. The molecule has 9 heteroatoms. The molecule has 0 fully saturated rings. The van der Waals surface area contributed by atoms with E-state index in [0.29, 0.717) is 25.2 Å². The van der Waals surface area contributed by atoms with Crippen molar-refractivity contribution in [2.45, 2.75) is 45.2 Å². The Hall–Kier alpha value is -2.26. The summed E-state index contributed by atoms with van der Waals surface area (Å²) in [7, 11) is -3.53. The fourth-order valence-corrected chi connectivity index (χ4v) is 4.14. The molecule has 1 unspecified atom stereocenters. The number of carbonyl (C=O) groups excluding carboxylic acids is 1. The van der Waals surface area contributed by atoms with Gasteiger partial charge in [0.15, 0.2) is 0 Å². The summed E-state index contributed by atoms with van der Waals surface area (Å²) < 4.78 is 26.4. The number of benzene rings is 1. The van der Waals surface area contributed by atoms with Crippen LogP contribution >= 0.6 is 0 Å². The lowest BCUT2D eigenvalue weighted by atomic mass is 10.0. The lowest BCUT2D eigenvalue weighted by molar-refractivity contribution is 0.0917. The molecule has 0 spiro atoms. The number of carbonyl (C=O) groups is 1. The summed E-state index contributed by atoms with van der Waals surface area (Å²) in [5.74, 6) is -0.0742. The van der Waals surface area contributed by atoms with Gasteiger partial charge in [0.2, 0.25) is 10.0 Å². The molecule has 0 aliphatic carbocycles. The Bertz CT molecular complexity index is 828. The summed E-state index contributed by atoms with van der Waals surface area (Å²) in [4.78, 5) is 14.3. The second-order valence-corrected chi connectivity index (χ2v) is 8.46. The number of rotatable bonds is 9. The van der Waals surface area contributed by atoms with E-state index in [0.717, 1.165) is 0 Å². The van der Waals surface area contributed by atoms with Crippen LogP contribution in [-0.4, -0.2) is 52.8 Å². The first-order chi connectivity index (χ1) is 12.8. The summed E-state index contributed by atoms with van der Waals surface area (Å²) in [5.41, 5.74) is 0.410. The third-order valence-corrected chi connectivity index (χ3v) is 6.47. The van der Waals surface area contributed by atoms with Crippen molar-refractivity contribution in [3.63, 3.8) is 0 Å². The van der Waals surface area contributed by atoms with E-state index in [1.807, 2.05) is 13.8 Å². The van der Waals surface area contributed by atoms with Gasteiger partial charge in [-0.25, -0.2) is 8.42 Å². The first-order valence-electron chi connectivity index (χ1n) is 9.04. The monoisotopic (exact) mass is 393 g/mol. The Labute approximate surface area is 160 Å². The van der Waals surface area contributed by atoms with Crippen LogP contribution in [0.25, 0.3) is 0 Å². The van der Waals surface area contributed by atoms with Gasteiger partial charge in [0.25, 0.3) is 5.91 Å². The predicted octanol–water partition coefficient (Wildman–Crippen LogP) is 1.76. The molecule has 0 saturated carbocycles. The zero-order valence-electron chi connectivity index (χ0n) is 16.2. The van der Waals surface area contributed by atoms with E-state index >= 15 is 0 Å². The maximum atomic E-state index is 12.6. The van der Waals surface area contributed by atoms with E-state index in [9.17, 15) is 13.2 Å². The maximum Gasteiger partial charge on any atom is 0.251 e. The highest BCUT2D eigenvalue weighted by Crippen LogP contribution is 2.16. The van der Waals surface area contributed by atoms with Crippen LogP contribution in [0.5, 0.6) is 0 Å². The highest BCUT2D eigenvalue weighted by molar-refractivity contribution is 7.89. The van der Waals surface area contributed by atoms with Gasteiger partial charge in [-0.15, -0.1) is 0 Å². The molecule has 0 bridgehead atoms. The van der Waals surface area contributed by atoms with E-state index in [1.165, 1.54) is 33.4 Å². The summed E-state index contributed by atoms with van der Waals surface area (Å²) >= 11 is 0. The summed E-state index contributed by atoms with van der Waals surface area (Å²) in [6.07, 6.45) is 3.18. The normalized spacial score (nSPS) is 13.1. The Balaban J connectivity index is 2.12. The highest BCUT2D eigenvalue weighted by atomic mass is 32.2. The van der Waals surface area contributed by atoms with E-state index in [2.05, 4.69) is 15.5 Å². The van der Waals surface area contributed by atoms with Crippen LogP contribution in [0.3, 0.4) is 0 Å². The van der Waals surface area contributed by atoms with Crippen LogP contribution < -0.4 is 5.32 Å². The summed E-state index contributed by atoms with van der Waals surface area (Å²) in [5, 5.41) is 11.1. The minimum Gasteiger partial charge on any atom is -0.347 e. The van der Waals surface area contributed by atoms with Crippen molar-refractivity contribution < 1.29 is 13.2 Å². The predicted molar refractivity (Wildman–Crippen MR) is 103 cm³/mol. The van der Waals surface area contributed by atoms with Gasteiger partial charge in [0, 0.05) is 18.7 Å². The molecular weight excluding hydrogens is 366 g/mol. The maximum absolute atomic E-state index is 12.6. The Kier molecular flexibility index (Phi) is 7.09. The molecule has 1 aromatic heterocycles. The first kappa shape index (κ1) is 21.0. The van der Waals surface area contributed by atoms with Crippen molar-refractivity contribution in [3.8, 4) is 0 Å². The quantitative estimate of drug-likeness (QED) is 0.700. The standard InChI is InChI=1S/C18H27N5O3S/c1-5-22(6-2)27(25,26)16-9-7-15(8-10-16)18(24)21-17(14(3)4)13-23-19-11-12-20-23/h7-12,14,17H,5-6,13H2,1-4H3,(H,21,24). The van der Waals surface area contributed by atoms with Crippen molar-refractivity contribution in [3.05, 3.63) is 42.2 Å². The average Bonchev–Trinajstić information content (AvgIpc) is 3.15. The van der Waals surface area contributed by atoms with Gasteiger partial charge in [-0.05, 0) is 30.2 Å². The largest absolute Gasteiger partial charge is 0.347 e. The highest BCUT2D eigenvalue weighted by Gasteiger charge is 2.23. The number of nitrogens with one attached hydrogen (secondary N) is 1. The van der Waals surface area contributed by atoms with E-state index in [-0.39, 0.29) is 22.8 Å². The Morgan fingerprint density at radius 1 is 1.11 bits per heavy atom. The molecule has 1 heterocycles. The van der Waals surface area contributed by atoms with E-state index < -0.39 is 10.0 Å². The van der Waals surface area contributed by atoms with E-state index in [1.54, 1.807) is 26.2 Å². The summed E-state index contributed by atoms with van der Waals surface area (Å²) in [6, 6.07) is 5.87. The number of hydrogen-bond donors (Lipinski definition) is 1. The Morgan fingerprint density at radius 3 is 2.15 bits per heavy atom. The summed E-state index contributed by atoms with van der Waals surface area (Å²) in [6.45, 7) is 8.87. The van der Waals surface area contributed by atoms with Gasteiger partial charge in [-0.2, -0.15) is 19.3 Å². The number of aromatic nitrogens is 3. The van der Waals surface area contributed by atoms with Crippen LogP contribution in [-0.2, 0) is 16.6 Å². The van der Waals surface area contributed by atoms with E-state index in [4.69, 9.17) is 0 Å². The third kappa shape index (κ3) is 5.14. The first-order valence-corrected chi connectivity index (χ1v) is 10.5. The zero-order chi connectivity index (χ0) is 20.0. The molecule has 27 heavy (non-hydrogen) atoms. The van der Waals surface area contributed by atoms with Crippen LogP contribution in [0.15, 0.2) is 41.6 Å². The molecule has 8 nitrogen and oxygen atoms in total. The zero-order valence-corrected chi connectivity index (χ0v) is 17.0. The smallest absolute Gasteiger partial charge is 0.251 e. The van der Waals surface area contributed by atoms with Crippen molar-refractivity contribution in [1.29, 1.82) is 0 Å². The number of hydrogen-bond acceptors (Lipinski definition) is 5. The number of amides is 1. The molecule has 0 radical (unpaired) electrons. The average molecular weight is 394 g/mol. The minimum atomic E-state index is -3.53. The second kappa shape index (κ2) is 9.09. The SMILES string of the molecule is CCN(CC)S(=O)(=O)c1ccc(C(=O)NC(Cn2nccn2)C(C)C)cc1. The number of nitrogens with zero attached hydrogens (tertiary/aromatic N) is 4. The molecule has 0 aliphatic heterocycles. The molecule has 1 atom stereocenters. The molecular formula is C18H27N5O3S. The van der Waals surface area contributed by atoms with Crippen molar-refractivity contribution in [1.82, 2.24) is 24.6 Å². The molecule has 0 saturated heterocycles. The fraction of sp³-hybridized carbons (Fsp3) is 0.500. The topological polar surface area (TPSA) is 97.2 Å². The van der Waals surface area contributed by atoms with Crippen molar-refractivity contribution >= 4 is 15.9 Å².